The van der Waals surface area contributed by atoms with Crippen molar-refractivity contribution in [1.82, 2.24) is 0 Å². The van der Waals surface area contributed by atoms with E-state index in [1.54, 1.807) is 6.07 Å². The Balaban J connectivity index is 1.66. The number of para-hydroxylation sites is 2. The van der Waals surface area contributed by atoms with Gasteiger partial charge in [-0.2, -0.15) is 0 Å². The largest absolute Gasteiger partial charge is 0.492 e. The SMILES string of the molecule is CCOc1ccccc1NC(=O)c1c(NC(=O)c2cccs2)sc2c1CCCC2. The van der Waals surface area contributed by atoms with Gasteiger partial charge in [-0.25, -0.2) is 0 Å². The Bertz CT molecular complexity index is 1020. The molecule has 0 saturated carbocycles. The van der Waals surface area contributed by atoms with Crippen molar-refractivity contribution < 1.29 is 14.3 Å². The average Bonchev–Trinajstić information content (AvgIpc) is 3.37. The highest BCUT2D eigenvalue weighted by atomic mass is 32.1. The van der Waals surface area contributed by atoms with Gasteiger partial charge in [-0.1, -0.05) is 18.2 Å². The number of aryl methyl sites for hydroxylation is 1. The highest BCUT2D eigenvalue weighted by Gasteiger charge is 2.27. The van der Waals surface area contributed by atoms with Crippen molar-refractivity contribution in [3.63, 3.8) is 0 Å². The predicted molar refractivity (Wildman–Crippen MR) is 119 cm³/mol. The summed E-state index contributed by atoms with van der Waals surface area (Å²) in [6, 6.07) is 11.0. The van der Waals surface area contributed by atoms with E-state index >= 15 is 0 Å². The van der Waals surface area contributed by atoms with Crippen LogP contribution in [0.15, 0.2) is 41.8 Å². The molecular formula is C22H22N2O3S2. The first kappa shape index (κ1) is 19.7. The fourth-order valence-corrected chi connectivity index (χ4v) is 5.40. The van der Waals surface area contributed by atoms with Crippen LogP contribution in [0.4, 0.5) is 10.7 Å². The zero-order valence-corrected chi connectivity index (χ0v) is 17.8. The molecule has 2 N–H and O–H groups in total. The Kier molecular flexibility index (Phi) is 5.97. The molecule has 1 aliphatic carbocycles. The van der Waals surface area contributed by atoms with Crippen LogP contribution in [-0.2, 0) is 12.8 Å². The standard InChI is InChI=1S/C22H22N2O3S2/c1-2-27-16-10-5-4-9-15(16)23-21(26)19-14-8-3-6-11-17(14)29-22(19)24-20(25)18-12-7-13-28-18/h4-5,7,9-10,12-13H,2-3,6,8,11H2,1H3,(H,23,26)(H,24,25). The number of thiophene rings is 2. The van der Waals surface area contributed by atoms with Crippen LogP contribution < -0.4 is 15.4 Å². The van der Waals surface area contributed by atoms with Gasteiger partial charge in [0.1, 0.15) is 10.8 Å². The van der Waals surface area contributed by atoms with Gasteiger partial charge in [0.25, 0.3) is 11.8 Å². The van der Waals surface area contributed by atoms with Crippen LogP contribution in [-0.4, -0.2) is 18.4 Å². The number of nitrogens with one attached hydrogen (secondary N) is 2. The maximum Gasteiger partial charge on any atom is 0.266 e. The van der Waals surface area contributed by atoms with Crippen molar-refractivity contribution in [1.29, 1.82) is 0 Å². The molecule has 0 fully saturated rings. The van der Waals surface area contributed by atoms with Crippen molar-refractivity contribution >= 4 is 45.2 Å². The Morgan fingerprint density at radius 1 is 1.03 bits per heavy atom. The molecule has 2 aromatic heterocycles. The summed E-state index contributed by atoms with van der Waals surface area (Å²) in [5, 5.41) is 8.46. The molecule has 5 nitrogen and oxygen atoms in total. The van der Waals surface area contributed by atoms with E-state index in [0.717, 1.165) is 31.2 Å². The summed E-state index contributed by atoms with van der Waals surface area (Å²) >= 11 is 2.91. The quantitative estimate of drug-likeness (QED) is 0.540. The zero-order chi connectivity index (χ0) is 20.2. The fourth-order valence-electron chi connectivity index (χ4n) is 3.50. The number of anilines is 2. The lowest BCUT2D eigenvalue weighted by molar-refractivity contribution is 0.102. The normalized spacial score (nSPS) is 12.9. The predicted octanol–water partition coefficient (Wildman–Crippen LogP) is 5.59. The number of amides is 2. The lowest BCUT2D eigenvalue weighted by Crippen LogP contribution is -2.18. The van der Waals surface area contributed by atoms with E-state index in [2.05, 4.69) is 10.6 Å². The van der Waals surface area contributed by atoms with E-state index in [-0.39, 0.29) is 11.8 Å². The third kappa shape index (κ3) is 4.21. The molecule has 29 heavy (non-hydrogen) atoms. The van der Waals surface area contributed by atoms with Crippen LogP contribution in [0.3, 0.4) is 0 Å². The molecule has 0 saturated heterocycles. The maximum atomic E-state index is 13.3. The summed E-state index contributed by atoms with van der Waals surface area (Å²) in [7, 11) is 0. The van der Waals surface area contributed by atoms with Gasteiger partial charge >= 0.3 is 0 Å². The molecule has 150 valence electrons. The lowest BCUT2D eigenvalue weighted by atomic mass is 9.95. The van der Waals surface area contributed by atoms with E-state index in [1.165, 1.54) is 27.6 Å². The van der Waals surface area contributed by atoms with Crippen LogP contribution in [0.2, 0.25) is 0 Å². The van der Waals surface area contributed by atoms with Gasteiger partial charge < -0.3 is 15.4 Å². The van der Waals surface area contributed by atoms with Gasteiger partial charge in [-0.05, 0) is 61.7 Å². The van der Waals surface area contributed by atoms with Crippen LogP contribution in [0.25, 0.3) is 0 Å². The van der Waals surface area contributed by atoms with Crippen LogP contribution >= 0.6 is 22.7 Å². The van der Waals surface area contributed by atoms with Gasteiger partial charge in [-0.3, -0.25) is 9.59 Å². The third-order valence-corrected chi connectivity index (χ3v) is 6.88. The van der Waals surface area contributed by atoms with E-state index < -0.39 is 0 Å². The molecule has 0 radical (unpaired) electrons. The van der Waals surface area contributed by atoms with Gasteiger partial charge in [-0.15, -0.1) is 22.7 Å². The molecule has 7 heteroatoms. The monoisotopic (exact) mass is 426 g/mol. The summed E-state index contributed by atoms with van der Waals surface area (Å²) in [5.74, 6) is 0.247. The summed E-state index contributed by atoms with van der Waals surface area (Å²) in [6.45, 7) is 2.43. The second-order valence-corrected chi connectivity index (χ2v) is 8.78. The molecule has 4 rings (SSSR count). The van der Waals surface area contributed by atoms with Gasteiger partial charge in [0, 0.05) is 4.88 Å². The topological polar surface area (TPSA) is 67.4 Å². The number of ether oxygens (including phenoxy) is 1. The first-order valence-electron chi connectivity index (χ1n) is 9.70. The Labute approximate surface area is 177 Å². The second kappa shape index (κ2) is 8.80. The van der Waals surface area contributed by atoms with E-state index in [1.807, 2.05) is 42.6 Å². The minimum absolute atomic E-state index is 0.178. The van der Waals surface area contributed by atoms with E-state index in [4.69, 9.17) is 4.74 Å². The average molecular weight is 427 g/mol. The molecule has 0 atom stereocenters. The summed E-state index contributed by atoms with van der Waals surface area (Å²) in [4.78, 5) is 27.7. The Hall–Kier alpha value is -2.64. The highest BCUT2D eigenvalue weighted by molar-refractivity contribution is 7.17. The maximum absolute atomic E-state index is 13.3. The number of carbonyl (C=O) groups is 2. The van der Waals surface area contributed by atoms with Crippen LogP contribution in [0, 0.1) is 0 Å². The second-order valence-electron chi connectivity index (χ2n) is 6.73. The summed E-state index contributed by atoms with van der Waals surface area (Å²) in [5.41, 5.74) is 2.28. The Morgan fingerprint density at radius 3 is 2.66 bits per heavy atom. The van der Waals surface area contributed by atoms with Gasteiger partial charge in [0.2, 0.25) is 0 Å². The molecule has 2 amide bonds. The summed E-state index contributed by atoms with van der Waals surface area (Å²) in [6.07, 6.45) is 3.97. The minimum atomic E-state index is -0.210. The highest BCUT2D eigenvalue weighted by Crippen LogP contribution is 2.39. The van der Waals surface area contributed by atoms with Crippen molar-refractivity contribution in [3.05, 3.63) is 62.7 Å². The van der Waals surface area contributed by atoms with Crippen molar-refractivity contribution in [2.45, 2.75) is 32.6 Å². The first-order chi connectivity index (χ1) is 14.2. The smallest absolute Gasteiger partial charge is 0.266 e. The number of rotatable bonds is 6. The lowest BCUT2D eigenvalue weighted by Gasteiger charge is -2.15. The number of hydrogen-bond acceptors (Lipinski definition) is 5. The fraction of sp³-hybridized carbons (Fsp3) is 0.273. The molecule has 0 bridgehead atoms. The van der Waals surface area contributed by atoms with Crippen molar-refractivity contribution in [3.8, 4) is 5.75 Å². The molecule has 2 heterocycles. The number of benzene rings is 1. The molecule has 3 aromatic rings. The van der Waals surface area contributed by atoms with Crippen molar-refractivity contribution in [2.24, 2.45) is 0 Å². The third-order valence-electron chi connectivity index (χ3n) is 4.81. The molecule has 0 unspecified atom stereocenters. The Morgan fingerprint density at radius 2 is 1.86 bits per heavy atom. The zero-order valence-electron chi connectivity index (χ0n) is 16.1. The number of carbonyl (C=O) groups excluding carboxylic acids is 2. The van der Waals surface area contributed by atoms with Gasteiger partial charge in [0.05, 0.1) is 22.7 Å². The number of hydrogen-bond donors (Lipinski definition) is 2. The van der Waals surface area contributed by atoms with Crippen LogP contribution in [0.5, 0.6) is 5.75 Å². The van der Waals surface area contributed by atoms with E-state index in [9.17, 15) is 9.59 Å². The first-order valence-corrected chi connectivity index (χ1v) is 11.4. The van der Waals surface area contributed by atoms with Crippen molar-refractivity contribution in [2.75, 3.05) is 17.2 Å². The summed E-state index contributed by atoms with van der Waals surface area (Å²) < 4.78 is 5.63. The molecular weight excluding hydrogens is 404 g/mol. The van der Waals surface area contributed by atoms with E-state index in [0.29, 0.717) is 33.5 Å². The van der Waals surface area contributed by atoms with Gasteiger partial charge in [0.15, 0.2) is 0 Å². The molecule has 1 aliphatic rings. The van der Waals surface area contributed by atoms with Crippen LogP contribution in [0.1, 0.15) is 50.2 Å². The molecule has 0 aliphatic heterocycles. The molecule has 1 aromatic carbocycles. The molecule has 0 spiro atoms. The number of fused-ring (bicyclic) bond motifs is 1. The minimum Gasteiger partial charge on any atom is -0.492 e.